The zero-order valence-corrected chi connectivity index (χ0v) is 11.3. The fraction of sp³-hybridized carbons (Fsp3) is 0.909. The van der Waals surface area contributed by atoms with Gasteiger partial charge >= 0.3 is 105 Å². The molecule has 0 amide bonds. The monoisotopic (exact) mass is 397 g/mol. The quantitative estimate of drug-likeness (QED) is 0.440. The van der Waals surface area contributed by atoms with Crippen molar-refractivity contribution < 1.29 is 31.0 Å². The maximum atomic E-state index is 10.4. The molecule has 94 valence electrons. The van der Waals surface area contributed by atoms with Gasteiger partial charge in [0.05, 0.1) is 0 Å². The van der Waals surface area contributed by atoms with E-state index >= 15 is 0 Å². The number of hydrogen-bond donors (Lipinski definition) is 2. The zero-order valence-electron chi connectivity index (χ0n) is 9.18. The molecule has 0 radical (unpaired) electrons. The third kappa shape index (κ3) is 10.5. The SMILES string of the molecule is NC(CCCCCCCC[CH2][Au])C(=O)O. The van der Waals surface area contributed by atoms with Gasteiger partial charge in [0.2, 0.25) is 0 Å². The van der Waals surface area contributed by atoms with E-state index < -0.39 is 12.0 Å². The van der Waals surface area contributed by atoms with E-state index in [9.17, 15) is 4.79 Å². The molecule has 0 fully saturated rings. The Morgan fingerprint density at radius 1 is 1.07 bits per heavy atom. The van der Waals surface area contributed by atoms with Crippen LogP contribution in [0.2, 0.25) is 4.64 Å². The fourth-order valence-electron chi connectivity index (χ4n) is 1.45. The normalized spacial score (nSPS) is 12.7. The van der Waals surface area contributed by atoms with E-state index in [0.717, 1.165) is 12.8 Å². The second kappa shape index (κ2) is 10.7. The van der Waals surface area contributed by atoms with Crippen LogP contribution in [0.5, 0.6) is 0 Å². The van der Waals surface area contributed by atoms with Crippen molar-refractivity contribution >= 4 is 5.97 Å². The third-order valence-corrected chi connectivity index (χ3v) is 3.20. The van der Waals surface area contributed by atoms with Crippen LogP contribution in [-0.4, -0.2) is 17.1 Å². The van der Waals surface area contributed by atoms with Crippen molar-refractivity contribution in [2.45, 2.75) is 62.0 Å². The van der Waals surface area contributed by atoms with Crippen LogP contribution in [0.25, 0.3) is 0 Å². The molecule has 15 heavy (non-hydrogen) atoms. The van der Waals surface area contributed by atoms with Crippen molar-refractivity contribution in [3.8, 4) is 0 Å². The molecule has 0 aromatic rings. The molecule has 0 bridgehead atoms. The summed E-state index contributed by atoms with van der Waals surface area (Å²) >= 11 is 2.57. The summed E-state index contributed by atoms with van der Waals surface area (Å²) in [5.41, 5.74) is 5.40. The van der Waals surface area contributed by atoms with Crippen LogP contribution in [0, 0.1) is 0 Å². The molecule has 0 saturated heterocycles. The second-order valence-corrected chi connectivity index (χ2v) is 4.94. The van der Waals surface area contributed by atoms with Crippen molar-refractivity contribution in [3.63, 3.8) is 0 Å². The minimum absolute atomic E-state index is 0.613. The molecule has 1 atom stereocenters. The van der Waals surface area contributed by atoms with Gasteiger partial charge in [-0.3, -0.25) is 0 Å². The number of unbranched alkanes of at least 4 members (excludes halogenated alkanes) is 6. The molecule has 0 aromatic heterocycles. The molecular weight excluding hydrogens is 375 g/mol. The van der Waals surface area contributed by atoms with Crippen molar-refractivity contribution in [2.24, 2.45) is 5.73 Å². The summed E-state index contributed by atoms with van der Waals surface area (Å²) < 4.78 is 1.23. The van der Waals surface area contributed by atoms with Gasteiger partial charge in [0.25, 0.3) is 0 Å². The Morgan fingerprint density at radius 3 is 2.00 bits per heavy atom. The van der Waals surface area contributed by atoms with Crippen LogP contribution < -0.4 is 5.73 Å². The Morgan fingerprint density at radius 2 is 1.53 bits per heavy atom. The first kappa shape index (κ1) is 15.2. The molecule has 0 aliphatic carbocycles. The van der Waals surface area contributed by atoms with Gasteiger partial charge in [-0.15, -0.1) is 0 Å². The molecule has 0 saturated carbocycles. The van der Waals surface area contributed by atoms with Gasteiger partial charge in [0, 0.05) is 0 Å². The van der Waals surface area contributed by atoms with Gasteiger partial charge in [0.1, 0.15) is 0 Å². The summed E-state index contributed by atoms with van der Waals surface area (Å²) in [7, 11) is 0. The van der Waals surface area contributed by atoms with Crippen molar-refractivity contribution in [1.82, 2.24) is 0 Å². The van der Waals surface area contributed by atoms with E-state index in [0.29, 0.717) is 6.42 Å². The summed E-state index contributed by atoms with van der Waals surface area (Å²) in [6, 6.07) is -0.664. The van der Waals surface area contributed by atoms with Gasteiger partial charge in [-0.25, -0.2) is 0 Å². The fourth-order valence-corrected chi connectivity index (χ4v) is 1.99. The van der Waals surface area contributed by atoms with Crippen LogP contribution in [0.3, 0.4) is 0 Å². The molecule has 0 aromatic carbocycles. The van der Waals surface area contributed by atoms with E-state index in [-0.39, 0.29) is 0 Å². The first-order chi connectivity index (χ1) is 7.18. The molecule has 4 heteroatoms. The number of carboxylic acid groups (broad SMARTS) is 1. The predicted molar refractivity (Wildman–Crippen MR) is 57.4 cm³/mol. The Hall–Kier alpha value is 0.170. The van der Waals surface area contributed by atoms with Crippen molar-refractivity contribution in [3.05, 3.63) is 0 Å². The Balaban J connectivity index is 3.08. The maximum absolute atomic E-state index is 10.4. The third-order valence-electron chi connectivity index (χ3n) is 2.44. The number of nitrogens with two attached hydrogens (primary N) is 1. The predicted octanol–water partition coefficient (Wildman–Crippen LogP) is 2.48. The van der Waals surface area contributed by atoms with Gasteiger partial charge < -0.3 is 0 Å². The molecular formula is C11H22AuNO2. The van der Waals surface area contributed by atoms with Gasteiger partial charge in [-0.2, -0.15) is 0 Å². The molecule has 0 heterocycles. The summed E-state index contributed by atoms with van der Waals surface area (Å²) in [6.07, 6.45) is 9.10. The summed E-state index contributed by atoms with van der Waals surface area (Å²) in [5.74, 6) is -0.878. The molecule has 0 aliphatic rings. The van der Waals surface area contributed by atoms with Crippen LogP contribution in [0.1, 0.15) is 51.4 Å². The molecule has 1 unspecified atom stereocenters. The van der Waals surface area contributed by atoms with Gasteiger partial charge in [-0.1, -0.05) is 0 Å². The Kier molecular flexibility index (Phi) is 10.8. The molecule has 0 aliphatic heterocycles. The number of aliphatic carboxylic acids is 1. The minimum atomic E-state index is -0.878. The van der Waals surface area contributed by atoms with Crippen molar-refractivity contribution in [1.29, 1.82) is 0 Å². The molecule has 0 rings (SSSR count). The average Bonchev–Trinajstić information content (AvgIpc) is 2.21. The molecule has 3 nitrogen and oxygen atoms in total. The topological polar surface area (TPSA) is 63.3 Å². The summed E-state index contributed by atoms with van der Waals surface area (Å²) in [5, 5.41) is 8.56. The van der Waals surface area contributed by atoms with Gasteiger partial charge in [-0.05, 0) is 0 Å². The number of rotatable bonds is 10. The summed E-state index contributed by atoms with van der Waals surface area (Å²) in [4.78, 5) is 10.4. The molecule has 0 spiro atoms. The van der Waals surface area contributed by atoms with E-state index in [1.807, 2.05) is 0 Å². The first-order valence-electron chi connectivity index (χ1n) is 5.67. The number of hydrogen-bond acceptors (Lipinski definition) is 2. The first-order valence-corrected chi connectivity index (χ1v) is 7.20. The van der Waals surface area contributed by atoms with Crippen LogP contribution >= 0.6 is 0 Å². The van der Waals surface area contributed by atoms with Gasteiger partial charge in [0.15, 0.2) is 0 Å². The number of carbonyl (C=O) groups is 1. The van der Waals surface area contributed by atoms with E-state index in [4.69, 9.17) is 10.8 Å². The standard InChI is InChI=1S/C11H22NO2.Au/c1-2-3-4-5-6-7-8-9-10(12)11(13)14;/h10H,1-9,12H2,(H,13,14);. The van der Waals surface area contributed by atoms with Crippen LogP contribution in [-0.2, 0) is 25.9 Å². The Bertz CT molecular complexity index is 165. The average molecular weight is 397 g/mol. The number of carboxylic acids is 1. The van der Waals surface area contributed by atoms with E-state index in [2.05, 4.69) is 21.1 Å². The second-order valence-electron chi connectivity index (χ2n) is 3.86. The Labute approximate surface area is 105 Å². The summed E-state index contributed by atoms with van der Waals surface area (Å²) in [6.45, 7) is 0. The van der Waals surface area contributed by atoms with Crippen molar-refractivity contribution in [2.75, 3.05) is 0 Å². The van der Waals surface area contributed by atoms with Crippen LogP contribution in [0.4, 0.5) is 0 Å². The zero-order chi connectivity index (χ0) is 11.5. The molecule has 3 N–H and O–H groups in total. The van der Waals surface area contributed by atoms with Crippen LogP contribution in [0.15, 0.2) is 0 Å². The van der Waals surface area contributed by atoms with E-state index in [1.54, 1.807) is 0 Å². The van der Waals surface area contributed by atoms with E-state index in [1.165, 1.54) is 36.7 Å².